The van der Waals surface area contributed by atoms with E-state index in [1.165, 1.54) is 6.21 Å². The number of halogens is 2. The highest BCUT2D eigenvalue weighted by Gasteiger charge is 1.95. The molecule has 0 bridgehead atoms. The van der Waals surface area contributed by atoms with Crippen LogP contribution in [0.15, 0.2) is 22.7 Å². The molecule has 0 fully saturated rings. The molecule has 0 radical (unpaired) electrons. The van der Waals surface area contributed by atoms with Crippen LogP contribution >= 0.6 is 27.5 Å². The molecule has 0 amide bonds. The lowest BCUT2D eigenvalue weighted by Crippen LogP contribution is -1.79. The van der Waals surface area contributed by atoms with Gasteiger partial charge in [0.1, 0.15) is 0 Å². The van der Waals surface area contributed by atoms with Crippen LogP contribution in [0.2, 0.25) is 5.02 Å². The van der Waals surface area contributed by atoms with Gasteiger partial charge in [-0.25, -0.2) is 0 Å². The Morgan fingerprint density at radius 3 is 2.70 bits per heavy atom. The Morgan fingerprint density at radius 1 is 1.50 bits per heavy atom. The van der Waals surface area contributed by atoms with E-state index in [-0.39, 0.29) is 0 Å². The van der Waals surface area contributed by atoms with Gasteiger partial charge in [-0.2, -0.15) is 0 Å². The number of benzene rings is 1. The van der Waals surface area contributed by atoms with Crippen molar-refractivity contribution in [3.8, 4) is 0 Å². The maximum Gasteiger partial charge on any atom is 0.0504 e. The summed E-state index contributed by atoms with van der Waals surface area (Å²) in [6, 6.07) is 5.41. The van der Waals surface area contributed by atoms with E-state index in [2.05, 4.69) is 15.9 Å². The lowest BCUT2D eigenvalue weighted by Gasteiger charge is -1.95. The van der Waals surface area contributed by atoms with Gasteiger partial charge in [-0.05, 0) is 12.1 Å². The fraction of sp³-hybridized carbons (Fsp3) is 0. The first-order valence-corrected chi connectivity index (χ1v) is 3.86. The van der Waals surface area contributed by atoms with E-state index in [4.69, 9.17) is 17.0 Å². The molecule has 1 rings (SSSR count). The molecule has 0 saturated carbocycles. The summed E-state index contributed by atoms with van der Waals surface area (Å²) in [6.45, 7) is 0. The second-order valence-electron chi connectivity index (χ2n) is 1.81. The van der Waals surface area contributed by atoms with Crippen LogP contribution in [0.3, 0.4) is 0 Å². The fourth-order valence-corrected chi connectivity index (χ4v) is 1.35. The standard InChI is InChI=1S/C7H5BrClN/c8-6-2-1-5(4-10)7(9)3-6/h1-4,10H. The van der Waals surface area contributed by atoms with Crippen LogP contribution in [0, 0.1) is 5.41 Å². The fourth-order valence-electron chi connectivity index (χ4n) is 0.619. The molecule has 1 aromatic rings. The predicted octanol–water partition coefficient (Wildman–Crippen LogP) is 3.10. The van der Waals surface area contributed by atoms with Crippen LogP contribution in [-0.4, -0.2) is 6.21 Å². The average molecular weight is 218 g/mol. The molecular weight excluding hydrogens is 213 g/mol. The van der Waals surface area contributed by atoms with Gasteiger partial charge in [0.2, 0.25) is 0 Å². The minimum atomic E-state index is 0.601. The van der Waals surface area contributed by atoms with Crippen molar-refractivity contribution in [2.75, 3.05) is 0 Å². The van der Waals surface area contributed by atoms with E-state index < -0.39 is 0 Å². The second-order valence-corrected chi connectivity index (χ2v) is 3.13. The molecule has 0 aliphatic rings. The summed E-state index contributed by atoms with van der Waals surface area (Å²) in [4.78, 5) is 0. The third kappa shape index (κ3) is 1.58. The van der Waals surface area contributed by atoms with Crippen molar-refractivity contribution in [3.63, 3.8) is 0 Å². The van der Waals surface area contributed by atoms with Crippen LogP contribution in [0.1, 0.15) is 5.56 Å². The minimum Gasteiger partial charge on any atom is -0.308 e. The molecule has 10 heavy (non-hydrogen) atoms. The summed E-state index contributed by atoms with van der Waals surface area (Å²) in [5, 5.41) is 7.53. The van der Waals surface area contributed by atoms with Gasteiger partial charge in [0.05, 0.1) is 5.02 Å². The third-order valence-corrected chi connectivity index (χ3v) is 1.94. The van der Waals surface area contributed by atoms with Crippen molar-refractivity contribution < 1.29 is 0 Å². The summed E-state index contributed by atoms with van der Waals surface area (Å²) < 4.78 is 0.933. The zero-order valence-corrected chi connectivity index (χ0v) is 7.41. The zero-order chi connectivity index (χ0) is 7.56. The first-order chi connectivity index (χ1) is 4.74. The molecule has 0 spiro atoms. The van der Waals surface area contributed by atoms with Crippen molar-refractivity contribution in [3.05, 3.63) is 33.3 Å². The molecule has 0 heterocycles. The summed E-state index contributed by atoms with van der Waals surface area (Å²) in [7, 11) is 0. The summed E-state index contributed by atoms with van der Waals surface area (Å²) in [5.41, 5.74) is 0.741. The normalized spacial score (nSPS) is 9.40. The van der Waals surface area contributed by atoms with Crippen molar-refractivity contribution in [2.24, 2.45) is 0 Å². The van der Waals surface area contributed by atoms with Crippen LogP contribution in [-0.2, 0) is 0 Å². The summed E-state index contributed by atoms with van der Waals surface area (Å²) in [5.74, 6) is 0. The number of rotatable bonds is 1. The molecule has 3 heteroatoms. The van der Waals surface area contributed by atoms with Crippen molar-refractivity contribution in [1.82, 2.24) is 0 Å². The highest BCUT2D eigenvalue weighted by Crippen LogP contribution is 2.19. The van der Waals surface area contributed by atoms with Gasteiger partial charge in [0.15, 0.2) is 0 Å². The van der Waals surface area contributed by atoms with Crippen LogP contribution in [0.25, 0.3) is 0 Å². The quantitative estimate of drug-likeness (QED) is 0.701. The topological polar surface area (TPSA) is 23.9 Å². The molecule has 0 aromatic heterocycles. The Bertz CT molecular complexity index is 260. The smallest absolute Gasteiger partial charge is 0.0504 e. The molecule has 0 atom stereocenters. The molecule has 52 valence electrons. The number of hydrogen-bond acceptors (Lipinski definition) is 1. The Kier molecular flexibility index (Phi) is 2.46. The van der Waals surface area contributed by atoms with Crippen LogP contribution < -0.4 is 0 Å². The highest BCUT2D eigenvalue weighted by atomic mass is 79.9. The Labute approximate surface area is 72.7 Å². The Morgan fingerprint density at radius 2 is 2.20 bits per heavy atom. The van der Waals surface area contributed by atoms with E-state index >= 15 is 0 Å². The van der Waals surface area contributed by atoms with Gasteiger partial charge >= 0.3 is 0 Å². The zero-order valence-electron chi connectivity index (χ0n) is 5.07. The monoisotopic (exact) mass is 217 g/mol. The highest BCUT2D eigenvalue weighted by molar-refractivity contribution is 9.10. The summed E-state index contributed by atoms with van der Waals surface area (Å²) in [6.07, 6.45) is 1.23. The molecule has 0 aliphatic heterocycles. The maximum absolute atomic E-state index is 6.93. The Hall–Kier alpha value is -0.340. The lowest BCUT2D eigenvalue weighted by molar-refractivity contribution is 1.53. The molecule has 1 N–H and O–H groups in total. The van der Waals surface area contributed by atoms with Gasteiger partial charge in [0, 0.05) is 16.3 Å². The van der Waals surface area contributed by atoms with E-state index in [0.717, 1.165) is 10.0 Å². The first-order valence-electron chi connectivity index (χ1n) is 2.69. The largest absolute Gasteiger partial charge is 0.308 e. The van der Waals surface area contributed by atoms with Crippen LogP contribution in [0.5, 0.6) is 0 Å². The first kappa shape index (κ1) is 7.76. The van der Waals surface area contributed by atoms with Gasteiger partial charge in [-0.15, -0.1) is 0 Å². The van der Waals surface area contributed by atoms with E-state index in [0.29, 0.717) is 5.02 Å². The van der Waals surface area contributed by atoms with Gasteiger partial charge in [-0.3, -0.25) is 0 Å². The molecule has 0 saturated heterocycles. The van der Waals surface area contributed by atoms with Crippen molar-refractivity contribution >= 4 is 33.7 Å². The van der Waals surface area contributed by atoms with E-state index in [9.17, 15) is 0 Å². The molecule has 0 aliphatic carbocycles. The van der Waals surface area contributed by atoms with E-state index in [1.54, 1.807) is 12.1 Å². The predicted molar refractivity (Wildman–Crippen MR) is 47.0 cm³/mol. The third-order valence-electron chi connectivity index (χ3n) is 1.12. The minimum absolute atomic E-state index is 0.601. The van der Waals surface area contributed by atoms with E-state index in [1.807, 2.05) is 6.07 Å². The van der Waals surface area contributed by atoms with Gasteiger partial charge in [-0.1, -0.05) is 33.6 Å². The molecular formula is C7H5BrClN. The van der Waals surface area contributed by atoms with Gasteiger partial charge < -0.3 is 5.41 Å². The number of nitrogens with one attached hydrogen (secondary N) is 1. The lowest BCUT2D eigenvalue weighted by atomic mass is 10.2. The number of hydrogen-bond donors (Lipinski definition) is 1. The van der Waals surface area contributed by atoms with Crippen LogP contribution in [0.4, 0.5) is 0 Å². The maximum atomic E-state index is 6.93. The Balaban J connectivity index is 3.19. The molecule has 0 unspecified atom stereocenters. The summed E-state index contributed by atoms with van der Waals surface area (Å²) >= 11 is 9.01. The second kappa shape index (κ2) is 3.17. The van der Waals surface area contributed by atoms with Crippen molar-refractivity contribution in [2.45, 2.75) is 0 Å². The molecule has 1 aromatic carbocycles. The average Bonchev–Trinajstić information content (AvgIpc) is 1.88. The van der Waals surface area contributed by atoms with Crippen molar-refractivity contribution in [1.29, 1.82) is 5.41 Å². The SMILES string of the molecule is N=Cc1ccc(Br)cc1Cl. The molecule has 1 nitrogen and oxygen atoms in total. The van der Waals surface area contributed by atoms with Gasteiger partial charge in [0.25, 0.3) is 0 Å².